The van der Waals surface area contributed by atoms with Crippen LogP contribution in [0, 0.1) is 0 Å². The molecule has 18 heavy (non-hydrogen) atoms. The molecule has 0 aliphatic rings. The number of phenolic OH excluding ortho intramolecular Hbond substituents is 2. The number of rotatable bonds is 2. The molecule has 0 amide bonds. The van der Waals surface area contributed by atoms with E-state index in [2.05, 4.69) is 0 Å². The van der Waals surface area contributed by atoms with Crippen LogP contribution in [0.5, 0.6) is 11.5 Å². The predicted molar refractivity (Wildman–Crippen MR) is 65.0 cm³/mol. The van der Waals surface area contributed by atoms with Crippen molar-refractivity contribution in [3.8, 4) is 22.6 Å². The molecular formula is C12H10O5S. The van der Waals surface area contributed by atoms with Gasteiger partial charge in [0.1, 0.15) is 16.4 Å². The molecule has 2 rings (SSSR count). The van der Waals surface area contributed by atoms with E-state index in [9.17, 15) is 13.5 Å². The van der Waals surface area contributed by atoms with Crippen LogP contribution >= 0.6 is 0 Å². The molecule has 0 aliphatic heterocycles. The maximum atomic E-state index is 11.0. The van der Waals surface area contributed by atoms with Gasteiger partial charge in [0.15, 0.2) is 0 Å². The largest absolute Gasteiger partial charge is 0.508 e. The zero-order chi connectivity index (χ0) is 13.3. The number of hydrogen-bond donors (Lipinski definition) is 3. The molecule has 0 heterocycles. The third-order valence-electron chi connectivity index (χ3n) is 2.44. The van der Waals surface area contributed by atoms with Crippen LogP contribution in [0.15, 0.2) is 47.4 Å². The first kappa shape index (κ1) is 12.4. The summed E-state index contributed by atoms with van der Waals surface area (Å²) in [6.45, 7) is 0. The lowest BCUT2D eigenvalue weighted by atomic mass is 10.1. The van der Waals surface area contributed by atoms with Gasteiger partial charge in [0, 0.05) is 0 Å². The summed E-state index contributed by atoms with van der Waals surface area (Å²) in [6.07, 6.45) is 0. The third-order valence-corrected chi connectivity index (χ3v) is 3.32. The van der Waals surface area contributed by atoms with Gasteiger partial charge < -0.3 is 10.2 Å². The van der Waals surface area contributed by atoms with Gasteiger partial charge in [-0.25, -0.2) is 0 Å². The van der Waals surface area contributed by atoms with Gasteiger partial charge in [0.25, 0.3) is 10.1 Å². The summed E-state index contributed by atoms with van der Waals surface area (Å²) < 4.78 is 31.1. The lowest BCUT2D eigenvalue weighted by Crippen LogP contribution is -1.98. The van der Waals surface area contributed by atoms with Crippen molar-refractivity contribution in [1.29, 1.82) is 0 Å². The number of hydrogen-bond acceptors (Lipinski definition) is 4. The van der Waals surface area contributed by atoms with Crippen molar-refractivity contribution in [3.63, 3.8) is 0 Å². The highest BCUT2D eigenvalue weighted by Gasteiger charge is 2.16. The Balaban J connectivity index is 2.57. The highest BCUT2D eigenvalue weighted by Crippen LogP contribution is 2.29. The summed E-state index contributed by atoms with van der Waals surface area (Å²) in [4.78, 5) is -0.548. The standard InChI is InChI=1S/C12H10O5S/c13-10-4-1-8(2-5-10)9-3-6-11(14)12(7-9)18(15,16)17/h1-7,13-14H,(H,15,16,17). The summed E-state index contributed by atoms with van der Waals surface area (Å²) >= 11 is 0. The van der Waals surface area contributed by atoms with Crippen molar-refractivity contribution in [2.75, 3.05) is 0 Å². The minimum absolute atomic E-state index is 0.0903. The van der Waals surface area contributed by atoms with Crippen LogP contribution in [0.25, 0.3) is 11.1 Å². The van der Waals surface area contributed by atoms with Crippen molar-refractivity contribution in [3.05, 3.63) is 42.5 Å². The van der Waals surface area contributed by atoms with E-state index in [1.54, 1.807) is 12.1 Å². The normalized spacial score (nSPS) is 11.4. The molecule has 0 saturated heterocycles. The lowest BCUT2D eigenvalue weighted by molar-refractivity contribution is 0.443. The van der Waals surface area contributed by atoms with Crippen LogP contribution < -0.4 is 0 Å². The highest BCUT2D eigenvalue weighted by molar-refractivity contribution is 7.86. The van der Waals surface area contributed by atoms with Gasteiger partial charge >= 0.3 is 0 Å². The smallest absolute Gasteiger partial charge is 0.298 e. The second-order valence-electron chi connectivity index (χ2n) is 3.70. The maximum Gasteiger partial charge on any atom is 0.298 e. The molecule has 3 N–H and O–H groups in total. The Bertz CT molecular complexity index is 674. The summed E-state index contributed by atoms with van der Waals surface area (Å²) in [5.74, 6) is -0.424. The Labute approximate surface area is 104 Å². The molecular weight excluding hydrogens is 256 g/mol. The van der Waals surface area contributed by atoms with Gasteiger partial charge in [-0.2, -0.15) is 8.42 Å². The van der Waals surface area contributed by atoms with E-state index in [4.69, 9.17) is 9.66 Å². The molecule has 0 aliphatic carbocycles. The zero-order valence-electron chi connectivity index (χ0n) is 9.11. The van der Waals surface area contributed by atoms with Crippen molar-refractivity contribution in [2.24, 2.45) is 0 Å². The molecule has 0 atom stereocenters. The number of aromatic hydroxyl groups is 2. The zero-order valence-corrected chi connectivity index (χ0v) is 9.92. The topological polar surface area (TPSA) is 94.8 Å². The fourth-order valence-corrected chi connectivity index (χ4v) is 2.16. The highest BCUT2D eigenvalue weighted by atomic mass is 32.2. The van der Waals surface area contributed by atoms with Gasteiger partial charge in [0.2, 0.25) is 0 Å². The van der Waals surface area contributed by atoms with E-state index in [0.29, 0.717) is 11.1 Å². The molecule has 94 valence electrons. The fourth-order valence-electron chi connectivity index (χ4n) is 1.55. The third kappa shape index (κ3) is 2.44. The first-order valence-electron chi connectivity index (χ1n) is 4.98. The Morgan fingerprint density at radius 3 is 1.94 bits per heavy atom. The Kier molecular flexibility index (Phi) is 2.98. The minimum Gasteiger partial charge on any atom is -0.508 e. The second kappa shape index (κ2) is 4.32. The molecule has 0 spiro atoms. The predicted octanol–water partition coefficient (Wildman–Crippen LogP) is 2.01. The van der Waals surface area contributed by atoms with E-state index >= 15 is 0 Å². The van der Waals surface area contributed by atoms with E-state index in [-0.39, 0.29) is 5.75 Å². The van der Waals surface area contributed by atoms with Crippen LogP contribution in [0.1, 0.15) is 0 Å². The van der Waals surface area contributed by atoms with E-state index in [0.717, 1.165) is 6.07 Å². The molecule has 0 bridgehead atoms. The number of benzene rings is 2. The monoisotopic (exact) mass is 266 g/mol. The van der Waals surface area contributed by atoms with Crippen molar-refractivity contribution in [2.45, 2.75) is 4.90 Å². The van der Waals surface area contributed by atoms with Gasteiger partial charge in [-0.05, 0) is 35.4 Å². The summed E-state index contributed by atoms with van der Waals surface area (Å²) in [7, 11) is -4.47. The quantitative estimate of drug-likeness (QED) is 0.723. The average molecular weight is 266 g/mol. The molecule has 2 aromatic carbocycles. The Morgan fingerprint density at radius 2 is 1.39 bits per heavy atom. The number of phenols is 2. The first-order valence-corrected chi connectivity index (χ1v) is 6.42. The van der Waals surface area contributed by atoms with Crippen molar-refractivity contribution >= 4 is 10.1 Å². The van der Waals surface area contributed by atoms with E-state index < -0.39 is 20.8 Å². The van der Waals surface area contributed by atoms with Crippen LogP contribution in [-0.4, -0.2) is 23.2 Å². The van der Waals surface area contributed by atoms with Gasteiger partial charge in [-0.15, -0.1) is 0 Å². The van der Waals surface area contributed by atoms with Gasteiger partial charge in [-0.1, -0.05) is 18.2 Å². The molecule has 0 unspecified atom stereocenters. The van der Waals surface area contributed by atoms with E-state index in [1.165, 1.54) is 24.3 Å². The van der Waals surface area contributed by atoms with Crippen molar-refractivity contribution < 1.29 is 23.2 Å². The molecule has 0 radical (unpaired) electrons. The van der Waals surface area contributed by atoms with Gasteiger partial charge in [-0.3, -0.25) is 4.55 Å². The average Bonchev–Trinajstić information content (AvgIpc) is 2.29. The summed E-state index contributed by atoms with van der Waals surface area (Å²) in [5, 5.41) is 18.5. The molecule has 0 aromatic heterocycles. The van der Waals surface area contributed by atoms with Crippen LogP contribution in [0.2, 0.25) is 0 Å². The molecule has 2 aromatic rings. The summed E-state index contributed by atoms with van der Waals surface area (Å²) in [6, 6.07) is 9.95. The maximum absolute atomic E-state index is 11.0. The minimum atomic E-state index is -4.47. The fraction of sp³-hybridized carbons (Fsp3) is 0. The van der Waals surface area contributed by atoms with Crippen LogP contribution in [0.3, 0.4) is 0 Å². The molecule has 0 fully saturated rings. The second-order valence-corrected chi connectivity index (χ2v) is 5.09. The summed E-state index contributed by atoms with van der Waals surface area (Å²) in [5.41, 5.74) is 1.15. The SMILES string of the molecule is O=S(=O)(O)c1cc(-c2ccc(O)cc2)ccc1O. The lowest BCUT2D eigenvalue weighted by Gasteiger charge is -2.06. The molecule has 6 heteroatoms. The molecule has 0 saturated carbocycles. The molecule has 5 nitrogen and oxygen atoms in total. The van der Waals surface area contributed by atoms with Crippen LogP contribution in [0.4, 0.5) is 0 Å². The Hall–Kier alpha value is -2.05. The van der Waals surface area contributed by atoms with Crippen molar-refractivity contribution in [1.82, 2.24) is 0 Å². The first-order chi connectivity index (χ1) is 8.38. The Morgan fingerprint density at radius 1 is 0.833 bits per heavy atom. The van der Waals surface area contributed by atoms with Gasteiger partial charge in [0.05, 0.1) is 0 Å². The van der Waals surface area contributed by atoms with Crippen LogP contribution in [-0.2, 0) is 10.1 Å². The van der Waals surface area contributed by atoms with E-state index in [1.807, 2.05) is 0 Å².